The van der Waals surface area contributed by atoms with E-state index in [1.807, 2.05) is 40.0 Å². The molecule has 12 heteroatoms. The summed E-state index contributed by atoms with van der Waals surface area (Å²) < 4.78 is 26.8. The van der Waals surface area contributed by atoms with Gasteiger partial charge in [-0.2, -0.15) is 0 Å². The van der Waals surface area contributed by atoms with Gasteiger partial charge in [-0.15, -0.1) is 21.5 Å². The molecule has 1 amide bonds. The van der Waals surface area contributed by atoms with Gasteiger partial charge in [-0.25, -0.2) is 9.37 Å². The lowest BCUT2D eigenvalue weighted by Gasteiger charge is -2.36. The van der Waals surface area contributed by atoms with Crippen molar-refractivity contribution in [3.05, 3.63) is 88.8 Å². The molecule has 41 heavy (non-hydrogen) atoms. The number of furan rings is 1. The minimum Gasteiger partial charge on any atom is -0.492 e. The maximum absolute atomic E-state index is 13.6. The Kier molecular flexibility index (Phi) is 8.01. The molecule has 3 aromatic heterocycles. The van der Waals surface area contributed by atoms with E-state index >= 15 is 0 Å². The zero-order valence-corrected chi connectivity index (χ0v) is 23.9. The van der Waals surface area contributed by atoms with Crippen molar-refractivity contribution in [1.82, 2.24) is 24.6 Å². The standard InChI is InChI=1S/C29H27FN6O3S2/c1-2-38-24-7-4-3-6-23(24)34-13-15-35(16-14-34)28(37)22-18-40-26(31-22)19-41-29-33-32-27(25-8-5-17-39-25)36(29)21-11-9-20(30)10-12-21/h3-12,17-18H,2,13-16,19H2,1H3. The summed E-state index contributed by atoms with van der Waals surface area (Å²) in [6.07, 6.45) is 1.57. The monoisotopic (exact) mass is 590 g/mol. The first-order valence-corrected chi connectivity index (χ1v) is 15.1. The van der Waals surface area contributed by atoms with Crippen LogP contribution in [0.25, 0.3) is 17.3 Å². The molecule has 1 aliphatic heterocycles. The molecule has 0 spiro atoms. The van der Waals surface area contributed by atoms with Gasteiger partial charge in [0.2, 0.25) is 5.82 Å². The summed E-state index contributed by atoms with van der Waals surface area (Å²) in [7, 11) is 0. The minimum absolute atomic E-state index is 0.0650. The third kappa shape index (κ3) is 5.84. The number of rotatable bonds is 9. The van der Waals surface area contributed by atoms with Crippen molar-refractivity contribution in [3.63, 3.8) is 0 Å². The fraction of sp³-hybridized carbons (Fsp3) is 0.241. The van der Waals surface area contributed by atoms with Crippen LogP contribution in [0.15, 0.2) is 81.9 Å². The second-order valence-corrected chi connectivity index (χ2v) is 11.1. The summed E-state index contributed by atoms with van der Waals surface area (Å²) in [5.41, 5.74) is 2.21. The first-order chi connectivity index (χ1) is 20.1. The fourth-order valence-corrected chi connectivity index (χ4v) is 6.40. The SMILES string of the molecule is CCOc1ccccc1N1CCN(C(=O)c2csc(CSc3nnc(-c4ccco4)n3-c3ccc(F)cc3)n2)CC1. The van der Waals surface area contributed by atoms with Gasteiger partial charge in [0.25, 0.3) is 5.91 Å². The molecule has 0 unspecified atom stereocenters. The Morgan fingerprint density at radius 1 is 1.05 bits per heavy atom. The Labute approximate surface area is 244 Å². The third-order valence-corrected chi connectivity index (χ3v) is 8.60. The van der Waals surface area contributed by atoms with E-state index in [1.54, 1.807) is 30.5 Å². The number of halogens is 1. The van der Waals surface area contributed by atoms with Crippen molar-refractivity contribution in [2.45, 2.75) is 17.8 Å². The largest absolute Gasteiger partial charge is 0.492 e. The maximum Gasteiger partial charge on any atom is 0.273 e. The van der Waals surface area contributed by atoms with Crippen molar-refractivity contribution in [2.24, 2.45) is 0 Å². The van der Waals surface area contributed by atoms with Crippen molar-refractivity contribution < 1.29 is 18.3 Å². The molecular weight excluding hydrogens is 563 g/mol. The number of para-hydroxylation sites is 2. The van der Waals surface area contributed by atoms with E-state index in [1.165, 1.54) is 35.2 Å². The van der Waals surface area contributed by atoms with Crippen LogP contribution in [0.2, 0.25) is 0 Å². The second kappa shape index (κ2) is 12.1. The Morgan fingerprint density at radius 2 is 1.85 bits per heavy atom. The first-order valence-electron chi connectivity index (χ1n) is 13.2. The lowest BCUT2D eigenvalue weighted by molar-refractivity contribution is 0.0741. The lowest BCUT2D eigenvalue weighted by atomic mass is 10.2. The van der Waals surface area contributed by atoms with Crippen molar-refractivity contribution in [3.8, 4) is 23.0 Å². The highest BCUT2D eigenvalue weighted by Crippen LogP contribution is 2.32. The fourth-order valence-electron chi connectivity index (χ4n) is 4.66. The summed E-state index contributed by atoms with van der Waals surface area (Å²) in [6.45, 7) is 5.24. The highest BCUT2D eigenvalue weighted by molar-refractivity contribution is 7.98. The Morgan fingerprint density at radius 3 is 2.61 bits per heavy atom. The number of hydrogen-bond acceptors (Lipinski definition) is 9. The minimum atomic E-state index is -0.327. The molecule has 1 fully saturated rings. The van der Waals surface area contributed by atoms with Gasteiger partial charge < -0.3 is 19.0 Å². The van der Waals surface area contributed by atoms with Crippen molar-refractivity contribution >= 4 is 34.7 Å². The average Bonchev–Trinajstić information content (AvgIpc) is 3.78. The Hall–Kier alpha value is -4.16. The molecule has 1 saturated heterocycles. The van der Waals surface area contributed by atoms with Gasteiger partial charge >= 0.3 is 0 Å². The molecule has 6 rings (SSSR count). The zero-order chi connectivity index (χ0) is 28.2. The van der Waals surface area contributed by atoms with Gasteiger partial charge in [-0.1, -0.05) is 23.9 Å². The molecule has 4 heterocycles. The number of ether oxygens (including phenoxy) is 1. The van der Waals surface area contributed by atoms with Gasteiger partial charge in [0, 0.05) is 31.6 Å². The molecule has 2 aromatic carbocycles. The highest BCUT2D eigenvalue weighted by Gasteiger charge is 2.26. The number of nitrogens with zero attached hydrogens (tertiary/aromatic N) is 6. The normalized spacial score (nSPS) is 13.5. The molecule has 0 N–H and O–H groups in total. The number of anilines is 1. The van der Waals surface area contributed by atoms with Crippen LogP contribution < -0.4 is 9.64 Å². The van der Waals surface area contributed by atoms with Crippen molar-refractivity contribution in [2.75, 3.05) is 37.7 Å². The number of benzene rings is 2. The topological polar surface area (TPSA) is 89.5 Å². The molecule has 0 atom stereocenters. The van der Waals surface area contributed by atoms with Crippen LogP contribution in [0, 0.1) is 5.82 Å². The quantitative estimate of drug-likeness (QED) is 0.200. The number of amides is 1. The number of piperazine rings is 1. The molecule has 0 radical (unpaired) electrons. The van der Waals surface area contributed by atoms with Gasteiger partial charge in [-0.05, 0) is 55.5 Å². The van der Waals surface area contributed by atoms with E-state index in [2.05, 4.69) is 26.1 Å². The van der Waals surface area contributed by atoms with Crippen LogP contribution in [-0.2, 0) is 5.75 Å². The highest BCUT2D eigenvalue weighted by atomic mass is 32.2. The summed E-state index contributed by atoms with van der Waals surface area (Å²) in [5.74, 6) is 2.04. The van der Waals surface area contributed by atoms with Crippen LogP contribution in [-0.4, -0.2) is 63.3 Å². The molecule has 0 saturated carbocycles. The van der Waals surface area contributed by atoms with Gasteiger partial charge in [-0.3, -0.25) is 9.36 Å². The second-order valence-electron chi connectivity index (χ2n) is 9.19. The van der Waals surface area contributed by atoms with Crippen molar-refractivity contribution in [1.29, 1.82) is 0 Å². The summed E-state index contributed by atoms with van der Waals surface area (Å²) in [4.78, 5) is 22.0. The number of carbonyl (C=O) groups excluding carboxylic acids is 1. The Bertz CT molecular complexity index is 1610. The van der Waals surface area contributed by atoms with Gasteiger partial charge in [0.1, 0.15) is 22.3 Å². The molecular formula is C29H27FN6O3S2. The summed E-state index contributed by atoms with van der Waals surface area (Å²) in [6, 6.07) is 17.7. The zero-order valence-electron chi connectivity index (χ0n) is 22.3. The molecule has 1 aliphatic rings. The molecule has 210 valence electrons. The van der Waals surface area contributed by atoms with Crippen LogP contribution in [0.3, 0.4) is 0 Å². The molecule has 0 aliphatic carbocycles. The smallest absolute Gasteiger partial charge is 0.273 e. The van der Waals surface area contributed by atoms with E-state index in [0.717, 1.165) is 29.5 Å². The number of hydrogen-bond donors (Lipinski definition) is 0. The van der Waals surface area contributed by atoms with Crippen LogP contribution >= 0.6 is 23.1 Å². The summed E-state index contributed by atoms with van der Waals surface area (Å²) >= 11 is 2.88. The number of carbonyl (C=O) groups is 1. The predicted octanol–water partition coefficient (Wildman–Crippen LogP) is 5.78. The van der Waals surface area contributed by atoms with Crippen LogP contribution in [0.4, 0.5) is 10.1 Å². The number of thioether (sulfide) groups is 1. The van der Waals surface area contributed by atoms with E-state index in [4.69, 9.17) is 9.15 Å². The number of thiazole rings is 1. The molecule has 9 nitrogen and oxygen atoms in total. The van der Waals surface area contributed by atoms with Crippen LogP contribution in [0.5, 0.6) is 5.75 Å². The van der Waals surface area contributed by atoms with Crippen LogP contribution in [0.1, 0.15) is 22.4 Å². The third-order valence-electron chi connectivity index (χ3n) is 6.63. The van der Waals surface area contributed by atoms with Gasteiger partial charge in [0.15, 0.2) is 10.9 Å². The number of aromatic nitrogens is 4. The maximum atomic E-state index is 13.6. The van der Waals surface area contributed by atoms with E-state index in [-0.39, 0.29) is 11.7 Å². The predicted molar refractivity (Wildman–Crippen MR) is 156 cm³/mol. The summed E-state index contributed by atoms with van der Waals surface area (Å²) in [5, 5.41) is 11.9. The first kappa shape index (κ1) is 27.0. The van der Waals surface area contributed by atoms with E-state index in [0.29, 0.717) is 53.6 Å². The van der Waals surface area contributed by atoms with E-state index < -0.39 is 0 Å². The Balaban J connectivity index is 1.12. The lowest BCUT2D eigenvalue weighted by Crippen LogP contribution is -2.49. The van der Waals surface area contributed by atoms with Gasteiger partial charge in [0.05, 0.1) is 30.0 Å². The molecule has 5 aromatic rings. The molecule has 0 bridgehead atoms. The van der Waals surface area contributed by atoms with E-state index in [9.17, 15) is 9.18 Å². The average molecular weight is 591 g/mol.